The smallest absolute Gasteiger partial charge is 0.261 e. The molecule has 1 N–H and O–H groups in total. The Labute approximate surface area is 210 Å². The summed E-state index contributed by atoms with van der Waals surface area (Å²) in [5.41, 5.74) is 1.58. The van der Waals surface area contributed by atoms with Crippen molar-refractivity contribution >= 4 is 23.4 Å². The summed E-state index contributed by atoms with van der Waals surface area (Å²) in [7, 11) is 0. The van der Waals surface area contributed by atoms with Gasteiger partial charge < -0.3 is 19.7 Å². The van der Waals surface area contributed by atoms with Gasteiger partial charge in [0.25, 0.3) is 5.91 Å². The van der Waals surface area contributed by atoms with Crippen molar-refractivity contribution in [1.29, 1.82) is 0 Å². The molecule has 3 aromatic carbocycles. The largest absolute Gasteiger partial charge is 0.484 e. The summed E-state index contributed by atoms with van der Waals surface area (Å²) in [5.74, 6) is 0.0324. The highest BCUT2D eigenvalue weighted by Crippen LogP contribution is 2.25. The summed E-state index contributed by atoms with van der Waals surface area (Å²) in [6.45, 7) is 1.15. The SMILES string of the molecule is O=C(NC[C@H]1CCCO1)[C@H](c1ccccc1)N(Cc1ccc(Cl)cc1)C(=O)COc1ccccc1. The molecule has 4 rings (SSSR count). The Morgan fingerprint density at radius 2 is 1.69 bits per heavy atom. The number of hydrogen-bond acceptors (Lipinski definition) is 4. The van der Waals surface area contributed by atoms with Gasteiger partial charge in [0.2, 0.25) is 5.91 Å². The number of nitrogens with zero attached hydrogens (tertiary/aromatic N) is 1. The number of halogens is 1. The summed E-state index contributed by atoms with van der Waals surface area (Å²) in [6, 6.07) is 24.9. The zero-order chi connectivity index (χ0) is 24.5. The van der Waals surface area contributed by atoms with E-state index >= 15 is 0 Å². The first-order valence-electron chi connectivity index (χ1n) is 11.8. The van der Waals surface area contributed by atoms with Crippen molar-refractivity contribution < 1.29 is 19.1 Å². The van der Waals surface area contributed by atoms with Crippen LogP contribution in [0, 0.1) is 0 Å². The fraction of sp³-hybridized carbons (Fsp3) is 0.286. The Hall–Kier alpha value is -3.35. The average Bonchev–Trinajstić information content (AvgIpc) is 3.42. The maximum atomic E-state index is 13.5. The standard InChI is InChI=1S/C28H29ClN2O4/c29-23-15-13-21(14-16-23)19-31(26(32)20-35-24-10-5-2-6-11-24)27(22-8-3-1-4-9-22)28(33)30-18-25-12-7-17-34-25/h1-6,8-11,13-16,25,27H,7,12,17-20H2,(H,30,33)/t25-,27+/m1/s1. The van der Waals surface area contributed by atoms with E-state index in [1.54, 1.807) is 29.2 Å². The first kappa shape index (κ1) is 24.8. The van der Waals surface area contributed by atoms with E-state index in [-0.39, 0.29) is 31.1 Å². The Bertz CT molecular complexity index is 1090. The van der Waals surface area contributed by atoms with E-state index in [0.29, 0.717) is 23.9 Å². The summed E-state index contributed by atoms with van der Waals surface area (Å²) < 4.78 is 11.4. The minimum Gasteiger partial charge on any atom is -0.484 e. The molecule has 0 aromatic heterocycles. The minimum absolute atomic E-state index is 0.00259. The molecule has 1 fully saturated rings. The van der Waals surface area contributed by atoms with Crippen LogP contribution < -0.4 is 10.1 Å². The predicted molar refractivity (Wildman–Crippen MR) is 135 cm³/mol. The highest BCUT2D eigenvalue weighted by atomic mass is 35.5. The maximum absolute atomic E-state index is 13.5. The predicted octanol–water partition coefficient (Wildman–Crippen LogP) is 4.78. The number of benzene rings is 3. The molecule has 1 aliphatic heterocycles. The van der Waals surface area contributed by atoms with Crippen molar-refractivity contribution in [2.24, 2.45) is 0 Å². The minimum atomic E-state index is -0.833. The Morgan fingerprint density at radius 3 is 2.34 bits per heavy atom. The summed E-state index contributed by atoms with van der Waals surface area (Å²) in [6.07, 6.45) is 1.90. The van der Waals surface area contributed by atoms with Crippen LogP contribution in [0.25, 0.3) is 0 Å². The van der Waals surface area contributed by atoms with Gasteiger partial charge in [0, 0.05) is 24.7 Å². The molecule has 2 atom stereocenters. The van der Waals surface area contributed by atoms with E-state index in [1.165, 1.54) is 0 Å². The van der Waals surface area contributed by atoms with Gasteiger partial charge in [-0.2, -0.15) is 0 Å². The molecule has 0 unspecified atom stereocenters. The summed E-state index contributed by atoms with van der Waals surface area (Å²) >= 11 is 6.06. The molecule has 0 bridgehead atoms. The van der Waals surface area contributed by atoms with Crippen LogP contribution in [0.3, 0.4) is 0 Å². The topological polar surface area (TPSA) is 67.9 Å². The van der Waals surface area contributed by atoms with Crippen LogP contribution in [0.2, 0.25) is 5.02 Å². The fourth-order valence-electron chi connectivity index (χ4n) is 4.08. The molecule has 2 amide bonds. The highest BCUT2D eigenvalue weighted by molar-refractivity contribution is 6.30. The van der Waals surface area contributed by atoms with E-state index in [1.807, 2.05) is 60.7 Å². The monoisotopic (exact) mass is 492 g/mol. The average molecular weight is 493 g/mol. The van der Waals surface area contributed by atoms with Crippen LogP contribution in [0.4, 0.5) is 0 Å². The molecule has 0 aliphatic carbocycles. The molecule has 6 nitrogen and oxygen atoms in total. The number of carbonyl (C=O) groups excluding carboxylic acids is 2. The number of para-hydroxylation sites is 1. The van der Waals surface area contributed by atoms with Gasteiger partial charge in [-0.15, -0.1) is 0 Å². The molecule has 3 aromatic rings. The van der Waals surface area contributed by atoms with E-state index < -0.39 is 6.04 Å². The molecule has 182 valence electrons. The lowest BCUT2D eigenvalue weighted by Gasteiger charge is -2.32. The normalized spacial score (nSPS) is 15.9. The van der Waals surface area contributed by atoms with Gasteiger partial charge >= 0.3 is 0 Å². The van der Waals surface area contributed by atoms with E-state index in [4.69, 9.17) is 21.1 Å². The molecule has 35 heavy (non-hydrogen) atoms. The molecule has 0 radical (unpaired) electrons. The third-order valence-electron chi connectivity index (χ3n) is 5.90. The van der Waals surface area contributed by atoms with Crippen LogP contribution in [-0.4, -0.2) is 42.6 Å². The zero-order valence-corrected chi connectivity index (χ0v) is 20.2. The Morgan fingerprint density at radius 1 is 1.00 bits per heavy atom. The van der Waals surface area contributed by atoms with Crippen LogP contribution in [0.5, 0.6) is 5.75 Å². The Kier molecular flexibility index (Phi) is 8.76. The Balaban J connectivity index is 1.60. The third-order valence-corrected chi connectivity index (χ3v) is 6.15. The lowest BCUT2D eigenvalue weighted by molar-refractivity contribution is -0.143. The van der Waals surface area contributed by atoms with Gasteiger partial charge in [0.15, 0.2) is 6.61 Å². The number of amides is 2. The van der Waals surface area contributed by atoms with Crippen molar-refractivity contribution in [3.8, 4) is 5.75 Å². The second-order valence-electron chi connectivity index (χ2n) is 8.44. The van der Waals surface area contributed by atoms with Crippen molar-refractivity contribution in [1.82, 2.24) is 10.2 Å². The molecule has 1 saturated heterocycles. The van der Waals surface area contributed by atoms with Gasteiger partial charge in [-0.25, -0.2) is 0 Å². The number of carbonyl (C=O) groups is 2. The van der Waals surface area contributed by atoms with Crippen molar-refractivity contribution in [2.75, 3.05) is 19.8 Å². The maximum Gasteiger partial charge on any atom is 0.261 e. The number of rotatable bonds is 10. The van der Waals surface area contributed by atoms with E-state index in [9.17, 15) is 9.59 Å². The lowest BCUT2D eigenvalue weighted by Crippen LogP contribution is -2.46. The first-order valence-corrected chi connectivity index (χ1v) is 12.1. The zero-order valence-electron chi connectivity index (χ0n) is 19.4. The van der Waals surface area contributed by atoms with Gasteiger partial charge in [-0.05, 0) is 48.2 Å². The first-order chi connectivity index (χ1) is 17.1. The highest BCUT2D eigenvalue weighted by Gasteiger charge is 2.32. The molecule has 7 heteroatoms. The van der Waals surface area contributed by atoms with Crippen LogP contribution in [0.15, 0.2) is 84.9 Å². The fourth-order valence-corrected chi connectivity index (χ4v) is 4.21. The van der Waals surface area contributed by atoms with E-state index in [2.05, 4.69) is 5.32 Å². The van der Waals surface area contributed by atoms with Gasteiger partial charge in [-0.1, -0.05) is 72.3 Å². The second-order valence-corrected chi connectivity index (χ2v) is 8.88. The second kappa shape index (κ2) is 12.4. The van der Waals surface area contributed by atoms with Crippen molar-refractivity contribution in [3.63, 3.8) is 0 Å². The molecule has 1 heterocycles. The quantitative estimate of drug-likeness (QED) is 0.442. The number of ether oxygens (including phenoxy) is 2. The van der Waals surface area contributed by atoms with Crippen molar-refractivity contribution in [2.45, 2.75) is 31.5 Å². The summed E-state index contributed by atoms with van der Waals surface area (Å²) in [4.78, 5) is 28.6. The van der Waals surface area contributed by atoms with E-state index in [0.717, 1.165) is 24.0 Å². The van der Waals surface area contributed by atoms with Gasteiger partial charge in [0.05, 0.1) is 6.10 Å². The number of hydrogen-bond donors (Lipinski definition) is 1. The van der Waals surface area contributed by atoms with Crippen molar-refractivity contribution in [3.05, 3.63) is 101 Å². The molecular weight excluding hydrogens is 464 g/mol. The lowest BCUT2D eigenvalue weighted by atomic mass is 10.0. The molecule has 0 saturated carbocycles. The van der Waals surface area contributed by atoms with Crippen LogP contribution in [-0.2, 0) is 20.9 Å². The molecule has 1 aliphatic rings. The summed E-state index contributed by atoms with van der Waals surface area (Å²) in [5, 5.41) is 3.61. The van der Waals surface area contributed by atoms with Gasteiger partial charge in [-0.3, -0.25) is 9.59 Å². The molecule has 0 spiro atoms. The van der Waals surface area contributed by atoms with Crippen LogP contribution in [0.1, 0.15) is 30.0 Å². The third kappa shape index (κ3) is 7.07. The molecular formula is C28H29ClN2O4. The van der Waals surface area contributed by atoms with Crippen LogP contribution >= 0.6 is 11.6 Å². The van der Waals surface area contributed by atoms with Gasteiger partial charge in [0.1, 0.15) is 11.8 Å². The number of nitrogens with one attached hydrogen (secondary N) is 1.